The molecule has 1 rings (SSSR count). The number of amides is 1. The lowest BCUT2D eigenvalue weighted by Crippen LogP contribution is -2.46. The largest absolute Gasteiger partial charge is 0.413 e. The van der Waals surface area contributed by atoms with Crippen LogP contribution in [0.25, 0.3) is 0 Å². The van der Waals surface area contributed by atoms with Gasteiger partial charge in [0.25, 0.3) is 6.29 Å². The molecule has 0 aromatic rings. The van der Waals surface area contributed by atoms with Crippen molar-refractivity contribution in [1.82, 2.24) is 4.90 Å². The van der Waals surface area contributed by atoms with Crippen molar-refractivity contribution in [3.8, 4) is 0 Å². The second kappa shape index (κ2) is 6.05. The number of hydrogen-bond donors (Lipinski definition) is 0. The highest BCUT2D eigenvalue weighted by Gasteiger charge is 2.40. The Morgan fingerprint density at radius 2 is 1.79 bits per heavy atom. The molecular formula is C13H25NO4Si. The summed E-state index contributed by atoms with van der Waals surface area (Å²) in [5, 5.41) is -0.0334. The number of aldehydes is 1. The van der Waals surface area contributed by atoms with Crippen LogP contribution in [-0.2, 0) is 14.0 Å². The molecule has 1 aliphatic rings. The third kappa shape index (κ3) is 4.31. The molecule has 1 saturated heterocycles. The summed E-state index contributed by atoms with van der Waals surface area (Å²) in [4.78, 5) is 24.5. The Kier molecular flexibility index (Phi) is 5.15. The van der Waals surface area contributed by atoms with Crippen molar-refractivity contribution >= 4 is 20.7 Å². The van der Waals surface area contributed by atoms with E-state index in [4.69, 9.17) is 9.16 Å². The molecule has 6 heteroatoms. The summed E-state index contributed by atoms with van der Waals surface area (Å²) < 4.78 is 10.9. The minimum Gasteiger partial charge on any atom is -0.413 e. The van der Waals surface area contributed by atoms with E-state index >= 15 is 0 Å². The van der Waals surface area contributed by atoms with Gasteiger partial charge in [-0.2, -0.15) is 0 Å². The zero-order chi connectivity index (χ0) is 14.7. The van der Waals surface area contributed by atoms with Gasteiger partial charge in [-0.1, -0.05) is 20.8 Å². The molecule has 1 heterocycles. The molecule has 0 saturated carbocycles. The van der Waals surface area contributed by atoms with Crippen LogP contribution < -0.4 is 0 Å². The highest BCUT2D eigenvalue weighted by molar-refractivity contribution is 6.74. The van der Waals surface area contributed by atoms with Crippen molar-refractivity contribution < 1.29 is 18.8 Å². The molecule has 0 aromatic carbocycles. The molecule has 0 unspecified atom stereocenters. The number of hydrogen-bond acceptors (Lipinski definition) is 4. The highest BCUT2D eigenvalue weighted by atomic mass is 28.4. The maximum absolute atomic E-state index is 11.8. The minimum atomic E-state index is -2.12. The molecule has 5 nitrogen and oxygen atoms in total. The lowest BCUT2D eigenvalue weighted by atomic mass is 10.2. The van der Waals surface area contributed by atoms with Crippen LogP contribution in [0.4, 0.5) is 4.79 Å². The fourth-order valence-electron chi connectivity index (χ4n) is 1.62. The van der Waals surface area contributed by atoms with Gasteiger partial charge in [0, 0.05) is 13.1 Å². The van der Waals surface area contributed by atoms with Gasteiger partial charge in [-0.25, -0.2) is 4.79 Å². The normalized spacial score (nSPS) is 18.3. The van der Waals surface area contributed by atoms with Crippen molar-refractivity contribution in [3.63, 3.8) is 0 Å². The Morgan fingerprint density at radius 3 is 2.21 bits per heavy atom. The molecule has 0 N–H and O–H groups in total. The van der Waals surface area contributed by atoms with Crippen LogP contribution in [0.3, 0.4) is 0 Å². The lowest BCUT2D eigenvalue weighted by Gasteiger charge is -2.37. The van der Waals surface area contributed by atoms with Gasteiger partial charge < -0.3 is 14.1 Å². The van der Waals surface area contributed by atoms with Gasteiger partial charge >= 0.3 is 6.09 Å². The summed E-state index contributed by atoms with van der Waals surface area (Å²) in [6, 6.07) is 0. The van der Waals surface area contributed by atoms with E-state index in [9.17, 15) is 9.59 Å². The van der Waals surface area contributed by atoms with E-state index in [0.29, 0.717) is 19.4 Å². The van der Waals surface area contributed by atoms with Crippen LogP contribution in [0, 0.1) is 0 Å². The molecule has 1 aliphatic heterocycles. The first-order chi connectivity index (χ1) is 8.67. The van der Waals surface area contributed by atoms with Crippen molar-refractivity contribution in [1.29, 1.82) is 0 Å². The van der Waals surface area contributed by atoms with Gasteiger partial charge in [0.1, 0.15) is 0 Å². The Hall–Kier alpha value is -0.883. The molecule has 0 aromatic heterocycles. The maximum atomic E-state index is 11.8. The fraction of sp³-hybridized carbons (Fsp3) is 0.846. The number of likely N-dealkylation sites (tertiary alicyclic amines) is 1. The first kappa shape index (κ1) is 16.2. The quantitative estimate of drug-likeness (QED) is 0.453. The first-order valence-electron chi connectivity index (χ1n) is 6.76. The van der Waals surface area contributed by atoms with E-state index in [-0.39, 0.29) is 5.04 Å². The Morgan fingerprint density at radius 1 is 1.26 bits per heavy atom. The van der Waals surface area contributed by atoms with Gasteiger partial charge in [-0.3, -0.25) is 4.79 Å². The smallest absolute Gasteiger partial charge is 0.412 e. The summed E-state index contributed by atoms with van der Waals surface area (Å²) in [6.45, 7) is 11.7. The summed E-state index contributed by atoms with van der Waals surface area (Å²) in [5.41, 5.74) is 0. The average Bonchev–Trinajstić information content (AvgIpc) is 2.79. The second-order valence-electron chi connectivity index (χ2n) is 6.46. The maximum Gasteiger partial charge on any atom is 0.412 e. The summed E-state index contributed by atoms with van der Waals surface area (Å²) in [7, 11) is -2.12. The van der Waals surface area contributed by atoms with Crippen molar-refractivity contribution in [2.24, 2.45) is 0 Å². The molecule has 0 radical (unpaired) electrons. The topological polar surface area (TPSA) is 55.8 Å². The molecule has 1 fully saturated rings. The SMILES string of the molecule is CC(C)(C)[Si](C)(C)O[C@@H](C=O)OC(=O)N1CCCC1. The highest BCUT2D eigenvalue weighted by Crippen LogP contribution is 2.37. The van der Waals surface area contributed by atoms with Crippen LogP contribution >= 0.6 is 0 Å². The van der Waals surface area contributed by atoms with Gasteiger partial charge in [0.2, 0.25) is 0 Å². The number of carbonyl (C=O) groups is 2. The zero-order valence-corrected chi connectivity index (χ0v) is 13.6. The molecule has 19 heavy (non-hydrogen) atoms. The monoisotopic (exact) mass is 287 g/mol. The molecular weight excluding hydrogens is 262 g/mol. The molecule has 0 bridgehead atoms. The summed E-state index contributed by atoms with van der Waals surface area (Å²) in [5.74, 6) is 0. The van der Waals surface area contributed by atoms with Gasteiger partial charge in [0.05, 0.1) is 0 Å². The van der Waals surface area contributed by atoms with Crippen LogP contribution in [-0.4, -0.2) is 45.0 Å². The number of nitrogens with zero attached hydrogens (tertiary/aromatic N) is 1. The minimum absolute atomic E-state index is 0.0334. The second-order valence-corrected chi connectivity index (χ2v) is 11.2. The summed E-state index contributed by atoms with van der Waals surface area (Å²) in [6.07, 6.45) is 1.00. The van der Waals surface area contributed by atoms with Crippen LogP contribution in [0.15, 0.2) is 0 Å². The van der Waals surface area contributed by atoms with Gasteiger partial charge in [-0.15, -0.1) is 0 Å². The Labute approximate surface area is 116 Å². The molecule has 1 atom stereocenters. The third-order valence-corrected chi connectivity index (χ3v) is 8.34. The van der Waals surface area contributed by atoms with Crippen LogP contribution in [0.1, 0.15) is 33.6 Å². The van der Waals surface area contributed by atoms with E-state index in [2.05, 4.69) is 20.8 Å². The van der Waals surface area contributed by atoms with Crippen molar-refractivity contribution in [3.05, 3.63) is 0 Å². The summed E-state index contributed by atoms with van der Waals surface area (Å²) >= 11 is 0. The van der Waals surface area contributed by atoms with E-state index in [0.717, 1.165) is 12.8 Å². The molecule has 0 spiro atoms. The van der Waals surface area contributed by atoms with E-state index in [1.165, 1.54) is 0 Å². The van der Waals surface area contributed by atoms with Gasteiger partial charge in [-0.05, 0) is 31.0 Å². The number of carbonyl (C=O) groups excluding carboxylic acids is 2. The van der Waals surface area contributed by atoms with Gasteiger partial charge in [0.15, 0.2) is 14.6 Å². The molecule has 0 aliphatic carbocycles. The lowest BCUT2D eigenvalue weighted by molar-refractivity contribution is -0.131. The number of ether oxygens (including phenoxy) is 1. The Balaban J connectivity index is 2.58. The molecule has 110 valence electrons. The van der Waals surface area contributed by atoms with Crippen LogP contribution in [0.5, 0.6) is 0 Å². The van der Waals surface area contributed by atoms with Crippen LogP contribution in [0.2, 0.25) is 18.1 Å². The predicted octanol–water partition coefficient (Wildman–Crippen LogP) is 2.77. The Bertz CT molecular complexity index is 332. The fourth-order valence-corrected chi connectivity index (χ4v) is 2.66. The number of rotatable bonds is 4. The molecule has 1 amide bonds. The first-order valence-corrected chi connectivity index (χ1v) is 9.67. The van der Waals surface area contributed by atoms with E-state index in [1.54, 1.807) is 4.90 Å². The van der Waals surface area contributed by atoms with Crippen molar-refractivity contribution in [2.75, 3.05) is 13.1 Å². The zero-order valence-electron chi connectivity index (χ0n) is 12.6. The van der Waals surface area contributed by atoms with E-state index in [1.807, 2.05) is 13.1 Å². The van der Waals surface area contributed by atoms with Crippen molar-refractivity contribution in [2.45, 2.75) is 58.0 Å². The third-order valence-electron chi connectivity index (χ3n) is 3.91. The standard InChI is InChI=1S/C13H25NO4Si/c1-13(2,3)19(4,5)18-11(10-15)17-12(16)14-8-6-7-9-14/h10-11H,6-9H2,1-5H3/t11-/m0/s1. The average molecular weight is 287 g/mol. The predicted molar refractivity (Wildman–Crippen MR) is 75.4 cm³/mol. The van der Waals surface area contributed by atoms with E-state index < -0.39 is 20.7 Å².